The Hall–Kier alpha value is -2.01. The molecule has 1 aromatic heterocycles. The van der Waals surface area contributed by atoms with E-state index in [-0.39, 0.29) is 11.5 Å². The summed E-state index contributed by atoms with van der Waals surface area (Å²) >= 11 is 1.47. The van der Waals surface area contributed by atoms with Crippen LogP contribution in [0.3, 0.4) is 0 Å². The smallest absolute Gasteiger partial charge is 0.170 e. The van der Waals surface area contributed by atoms with Gasteiger partial charge in [0.15, 0.2) is 5.78 Å². The van der Waals surface area contributed by atoms with E-state index in [9.17, 15) is 14.3 Å². The predicted octanol–water partition coefficient (Wildman–Crippen LogP) is 4.81. The molecule has 22 heavy (non-hydrogen) atoms. The van der Waals surface area contributed by atoms with Crippen LogP contribution in [-0.4, -0.2) is 16.6 Å². The number of phenols is 1. The number of aliphatic imine (C=N–C) groups is 1. The fourth-order valence-corrected chi connectivity index (χ4v) is 3.71. The molecule has 0 amide bonds. The molecule has 3 nitrogen and oxygen atoms in total. The number of phenolic OH excluding ortho intramolecular Hbond substituents is 1. The van der Waals surface area contributed by atoms with Gasteiger partial charge in [-0.25, -0.2) is 9.38 Å². The second-order valence-corrected chi connectivity index (χ2v) is 6.31. The summed E-state index contributed by atoms with van der Waals surface area (Å²) in [7, 11) is 0. The number of ketones is 1. The zero-order valence-electron chi connectivity index (χ0n) is 13.0. The van der Waals surface area contributed by atoms with Crippen LogP contribution in [0.5, 0.6) is 5.75 Å². The van der Waals surface area contributed by atoms with Gasteiger partial charge in [0.05, 0.1) is 4.88 Å². The number of nitrogens with zero attached hydrogens (tertiary/aromatic N) is 1. The lowest BCUT2D eigenvalue weighted by Gasteiger charge is -2.06. The third kappa shape index (κ3) is 3.09. The molecular weight excluding hydrogens is 301 g/mol. The summed E-state index contributed by atoms with van der Waals surface area (Å²) in [6.07, 6.45) is 0.733. The third-order valence-electron chi connectivity index (χ3n) is 3.44. The summed E-state index contributed by atoms with van der Waals surface area (Å²) in [6, 6.07) is 3.73. The van der Waals surface area contributed by atoms with E-state index < -0.39 is 5.82 Å². The van der Waals surface area contributed by atoms with Crippen molar-refractivity contribution in [1.29, 1.82) is 0 Å². The second-order valence-electron chi connectivity index (χ2n) is 5.08. The van der Waals surface area contributed by atoms with E-state index in [1.807, 2.05) is 20.8 Å². The van der Waals surface area contributed by atoms with Gasteiger partial charge in [-0.1, -0.05) is 6.92 Å². The van der Waals surface area contributed by atoms with Gasteiger partial charge in [0.2, 0.25) is 0 Å². The number of aryl methyl sites for hydroxylation is 1. The molecule has 2 aromatic rings. The monoisotopic (exact) mass is 319 g/mol. The molecule has 0 atom stereocenters. The Morgan fingerprint density at radius 3 is 2.59 bits per heavy atom. The molecule has 0 spiro atoms. The summed E-state index contributed by atoms with van der Waals surface area (Å²) < 4.78 is 13.0. The normalized spacial score (nSPS) is 11.8. The SMILES string of the molecule is CCc1c(C(C)=O)sc(C)c1C(C)=Nc1ccc(F)cc1O. The third-order valence-corrected chi connectivity index (χ3v) is 4.69. The summed E-state index contributed by atoms with van der Waals surface area (Å²) in [6.45, 7) is 7.35. The maximum absolute atomic E-state index is 13.0. The van der Waals surface area contributed by atoms with Crippen LogP contribution in [0, 0.1) is 12.7 Å². The lowest BCUT2D eigenvalue weighted by Crippen LogP contribution is -2.02. The van der Waals surface area contributed by atoms with Gasteiger partial charge in [-0.05, 0) is 44.9 Å². The van der Waals surface area contributed by atoms with Crippen LogP contribution in [0.2, 0.25) is 0 Å². The van der Waals surface area contributed by atoms with Crippen LogP contribution >= 0.6 is 11.3 Å². The summed E-state index contributed by atoms with van der Waals surface area (Å²) in [5, 5.41) is 9.78. The first-order valence-electron chi connectivity index (χ1n) is 7.02. The number of thiophene rings is 1. The number of halogens is 1. The molecule has 0 fully saturated rings. The standard InChI is InChI=1S/C17H18FNO2S/c1-5-13-16(11(4)22-17(13)10(3)20)9(2)19-14-7-6-12(18)8-15(14)21/h6-8,21H,5H2,1-4H3. The molecule has 0 saturated carbocycles. The van der Waals surface area contributed by atoms with Gasteiger partial charge in [-0.15, -0.1) is 11.3 Å². The predicted molar refractivity (Wildman–Crippen MR) is 88.4 cm³/mol. The first-order chi connectivity index (χ1) is 10.3. The van der Waals surface area contributed by atoms with Gasteiger partial charge in [0.1, 0.15) is 17.3 Å². The minimum Gasteiger partial charge on any atom is -0.506 e. The van der Waals surface area contributed by atoms with Gasteiger partial charge in [-0.3, -0.25) is 4.79 Å². The molecule has 1 heterocycles. The van der Waals surface area contributed by atoms with Gasteiger partial charge in [0.25, 0.3) is 0 Å². The number of benzene rings is 1. The lowest BCUT2D eigenvalue weighted by molar-refractivity contribution is 0.102. The highest BCUT2D eigenvalue weighted by atomic mass is 32.1. The Morgan fingerprint density at radius 1 is 1.36 bits per heavy atom. The van der Waals surface area contributed by atoms with E-state index in [1.54, 1.807) is 6.92 Å². The molecule has 116 valence electrons. The second kappa shape index (κ2) is 6.40. The zero-order valence-corrected chi connectivity index (χ0v) is 13.8. The van der Waals surface area contributed by atoms with Crippen molar-refractivity contribution in [1.82, 2.24) is 0 Å². The minimum absolute atomic E-state index is 0.0497. The van der Waals surface area contributed by atoms with Gasteiger partial charge in [-0.2, -0.15) is 0 Å². The van der Waals surface area contributed by atoms with Gasteiger partial charge >= 0.3 is 0 Å². The van der Waals surface area contributed by atoms with Crippen LogP contribution in [0.15, 0.2) is 23.2 Å². The molecule has 0 aliphatic rings. The highest BCUT2D eigenvalue weighted by Gasteiger charge is 2.19. The topological polar surface area (TPSA) is 49.7 Å². The number of carbonyl (C=O) groups excluding carboxylic acids is 1. The van der Waals surface area contributed by atoms with E-state index in [0.717, 1.165) is 33.4 Å². The number of aromatic hydroxyl groups is 1. The van der Waals surface area contributed by atoms with Gasteiger partial charge < -0.3 is 5.11 Å². The highest BCUT2D eigenvalue weighted by molar-refractivity contribution is 7.14. The quantitative estimate of drug-likeness (QED) is 0.649. The molecule has 2 rings (SSSR count). The Kier molecular flexibility index (Phi) is 4.76. The maximum Gasteiger partial charge on any atom is 0.170 e. The number of hydrogen-bond acceptors (Lipinski definition) is 4. The van der Waals surface area contributed by atoms with E-state index >= 15 is 0 Å². The van der Waals surface area contributed by atoms with E-state index in [0.29, 0.717) is 11.4 Å². The average Bonchev–Trinajstić information content (AvgIpc) is 2.78. The first kappa shape index (κ1) is 16.4. The van der Waals surface area contributed by atoms with Crippen molar-refractivity contribution in [2.75, 3.05) is 0 Å². The Morgan fingerprint density at radius 2 is 2.05 bits per heavy atom. The van der Waals surface area contributed by atoms with Crippen LogP contribution in [0.4, 0.5) is 10.1 Å². The minimum atomic E-state index is -0.506. The Balaban J connectivity index is 2.55. The van der Waals surface area contributed by atoms with Crippen molar-refractivity contribution in [2.24, 2.45) is 4.99 Å². The molecular formula is C17H18FNO2S. The number of carbonyl (C=O) groups is 1. The van der Waals surface area contributed by atoms with E-state index in [2.05, 4.69) is 4.99 Å². The van der Waals surface area contributed by atoms with Crippen molar-refractivity contribution in [3.05, 3.63) is 44.9 Å². The Bertz CT molecular complexity index is 762. The summed E-state index contributed by atoms with van der Waals surface area (Å²) in [5.41, 5.74) is 2.95. The van der Waals surface area contributed by atoms with Crippen molar-refractivity contribution in [3.8, 4) is 5.75 Å². The van der Waals surface area contributed by atoms with Crippen molar-refractivity contribution in [2.45, 2.75) is 34.1 Å². The van der Waals surface area contributed by atoms with Crippen molar-refractivity contribution in [3.63, 3.8) is 0 Å². The lowest BCUT2D eigenvalue weighted by atomic mass is 10.0. The fourth-order valence-electron chi connectivity index (χ4n) is 2.51. The Labute approximate surface area is 133 Å². The molecule has 0 aliphatic heterocycles. The van der Waals surface area contributed by atoms with Crippen molar-refractivity contribution >= 4 is 28.5 Å². The largest absolute Gasteiger partial charge is 0.506 e. The number of hydrogen-bond donors (Lipinski definition) is 1. The molecule has 0 aliphatic carbocycles. The summed E-state index contributed by atoms with van der Waals surface area (Å²) in [4.78, 5) is 17.9. The average molecular weight is 319 g/mol. The van der Waals surface area contributed by atoms with Crippen LogP contribution in [0.1, 0.15) is 46.4 Å². The molecule has 1 aromatic carbocycles. The van der Waals surface area contributed by atoms with Crippen LogP contribution < -0.4 is 0 Å². The highest BCUT2D eigenvalue weighted by Crippen LogP contribution is 2.32. The molecule has 5 heteroatoms. The first-order valence-corrected chi connectivity index (χ1v) is 7.84. The fraction of sp³-hybridized carbons (Fsp3) is 0.294. The molecule has 0 radical (unpaired) electrons. The molecule has 0 bridgehead atoms. The molecule has 0 saturated heterocycles. The summed E-state index contributed by atoms with van der Waals surface area (Å²) in [5.74, 6) is -0.653. The maximum atomic E-state index is 13.0. The molecule has 0 unspecified atom stereocenters. The van der Waals surface area contributed by atoms with Crippen LogP contribution in [-0.2, 0) is 6.42 Å². The van der Waals surface area contributed by atoms with E-state index in [1.165, 1.54) is 23.5 Å². The molecule has 1 N–H and O–H groups in total. The van der Waals surface area contributed by atoms with Crippen LogP contribution in [0.25, 0.3) is 0 Å². The number of Topliss-reactive ketones (excluding diaryl/α,β-unsaturated/α-hetero) is 1. The number of rotatable bonds is 4. The van der Waals surface area contributed by atoms with E-state index in [4.69, 9.17) is 0 Å². The van der Waals surface area contributed by atoms with Crippen molar-refractivity contribution < 1.29 is 14.3 Å². The van der Waals surface area contributed by atoms with Gasteiger partial charge in [0, 0.05) is 22.2 Å². The zero-order chi connectivity index (χ0) is 16.4.